The first kappa shape index (κ1) is 32.9. The number of amides is 1. The van der Waals surface area contributed by atoms with Gasteiger partial charge in [0.2, 0.25) is 12.4 Å². The van der Waals surface area contributed by atoms with Crippen molar-refractivity contribution in [2.75, 3.05) is 29.5 Å². The number of ether oxygens (including phenoxy) is 1. The zero-order valence-corrected chi connectivity index (χ0v) is 27.8. The van der Waals surface area contributed by atoms with Crippen LogP contribution in [0.25, 0.3) is 16.7 Å². The molecule has 3 aliphatic heterocycles. The Morgan fingerprint density at radius 2 is 1.96 bits per heavy atom. The van der Waals surface area contributed by atoms with Gasteiger partial charge in [-0.3, -0.25) is 18.7 Å². The molecule has 0 spiro atoms. The van der Waals surface area contributed by atoms with E-state index in [4.69, 9.17) is 10.5 Å². The van der Waals surface area contributed by atoms with Crippen LogP contribution in [-0.2, 0) is 31.9 Å². The quantitative estimate of drug-likeness (QED) is 0.107. The van der Waals surface area contributed by atoms with Crippen molar-refractivity contribution in [3.63, 3.8) is 0 Å². The van der Waals surface area contributed by atoms with Crippen molar-refractivity contribution in [3.05, 3.63) is 53.0 Å². The second kappa shape index (κ2) is 13.2. The molecule has 1 saturated heterocycles. The van der Waals surface area contributed by atoms with Gasteiger partial charge in [-0.05, 0) is 45.2 Å². The smallest absolute Gasteiger partial charge is 0.308 e. The average molecular weight is 667 g/mol. The van der Waals surface area contributed by atoms with Gasteiger partial charge < -0.3 is 31.1 Å². The Morgan fingerprint density at radius 1 is 1.17 bits per heavy atom. The van der Waals surface area contributed by atoms with Gasteiger partial charge in [0.25, 0.3) is 5.91 Å². The number of carboxylic acids is 1. The van der Waals surface area contributed by atoms with Gasteiger partial charge in [-0.25, -0.2) is 15.0 Å². The van der Waals surface area contributed by atoms with Crippen LogP contribution < -0.4 is 11.1 Å². The molecule has 0 bridgehead atoms. The predicted molar refractivity (Wildman–Crippen MR) is 178 cm³/mol. The molecular weight excluding hydrogens is 624 g/mol. The van der Waals surface area contributed by atoms with Crippen molar-refractivity contribution < 1.29 is 34.2 Å². The van der Waals surface area contributed by atoms with Crippen LogP contribution >= 0.6 is 0 Å². The molecule has 6 N–H and O–H groups in total. The number of carbonyl (C=O) groups is 2. The minimum Gasteiger partial charge on any atom is -0.481 e. The van der Waals surface area contributed by atoms with Gasteiger partial charge in [0.1, 0.15) is 41.7 Å². The molecule has 0 aromatic carbocycles. The molecule has 1 fully saturated rings. The summed E-state index contributed by atoms with van der Waals surface area (Å²) in [7, 11) is -0.734. The number of nitrogen functional groups attached to an aromatic ring is 1. The topological polar surface area (TPSA) is 194 Å². The van der Waals surface area contributed by atoms with Gasteiger partial charge >= 0.3 is 5.97 Å². The maximum atomic E-state index is 13.2. The molecule has 47 heavy (non-hydrogen) atoms. The molecule has 1 amide bonds. The number of hydrogen-bond donors (Lipinski definition) is 5. The van der Waals surface area contributed by atoms with Crippen LogP contribution in [-0.4, -0.2) is 104 Å². The van der Waals surface area contributed by atoms with Crippen LogP contribution in [0.1, 0.15) is 56.3 Å². The highest BCUT2D eigenvalue weighted by Crippen LogP contribution is 2.38. The molecule has 3 aliphatic rings. The van der Waals surface area contributed by atoms with Gasteiger partial charge in [0, 0.05) is 47.3 Å². The summed E-state index contributed by atoms with van der Waals surface area (Å²) < 4.78 is 12.3. The minimum atomic E-state index is -1.30. The summed E-state index contributed by atoms with van der Waals surface area (Å²) in [5, 5.41) is 34.2. The van der Waals surface area contributed by atoms with Crippen molar-refractivity contribution in [1.82, 2.24) is 29.4 Å². The van der Waals surface area contributed by atoms with Crippen LogP contribution in [0.2, 0.25) is 0 Å². The van der Waals surface area contributed by atoms with Crippen LogP contribution in [0.4, 0.5) is 5.82 Å². The van der Waals surface area contributed by atoms with E-state index in [9.17, 15) is 24.9 Å². The van der Waals surface area contributed by atoms with E-state index >= 15 is 0 Å². The largest absolute Gasteiger partial charge is 0.481 e. The number of aliphatic carboxylic acids is 1. The molecule has 2 unspecified atom stereocenters. The first-order valence-electron chi connectivity index (χ1n) is 15.7. The Bertz CT molecular complexity index is 1830. The number of carboxylic acid groups (broad SMARTS) is 1. The fourth-order valence-electron chi connectivity index (χ4n) is 6.92. The van der Waals surface area contributed by atoms with Crippen molar-refractivity contribution >= 4 is 51.0 Å². The van der Waals surface area contributed by atoms with Crippen LogP contribution in [0, 0.1) is 13.8 Å². The van der Waals surface area contributed by atoms with E-state index < -0.39 is 41.4 Å². The summed E-state index contributed by atoms with van der Waals surface area (Å²) in [4.78, 5) is 36.9. The third-order valence-electron chi connectivity index (χ3n) is 9.11. The number of imidazole rings is 1. The highest BCUT2D eigenvalue weighted by atomic mass is 32.2. The third kappa shape index (κ3) is 6.32. The van der Waals surface area contributed by atoms with Gasteiger partial charge in [-0.2, -0.15) is 4.58 Å². The Hall–Kier alpha value is -4.05. The molecule has 14 nitrogen and oxygen atoms in total. The SMILES string of the molecule is CC1=CC(C)=[N+]2Cn3c(C)cc(C)c3C(CCCNC(=O)C[S+](CCC(=O)O)C[C@H]3O[C@@H](n4cnc5c(N)ncnc54)C(O)[C@H]3O)=C12. The van der Waals surface area contributed by atoms with E-state index in [1.165, 1.54) is 56.7 Å². The Morgan fingerprint density at radius 3 is 2.72 bits per heavy atom. The molecule has 5 atom stereocenters. The molecule has 0 radical (unpaired) electrons. The summed E-state index contributed by atoms with van der Waals surface area (Å²) in [6.45, 7) is 9.82. The number of aryl methyl sites for hydroxylation is 2. The zero-order chi connectivity index (χ0) is 33.6. The lowest BCUT2D eigenvalue weighted by molar-refractivity contribution is -0.506. The third-order valence-corrected chi connectivity index (χ3v) is 11.4. The molecule has 3 aromatic heterocycles. The number of carbonyl (C=O) groups excluding carboxylic acids is 1. The molecule has 250 valence electrons. The number of aliphatic hydroxyl groups excluding tert-OH is 2. The first-order chi connectivity index (χ1) is 22.4. The number of aromatic nitrogens is 5. The van der Waals surface area contributed by atoms with Crippen LogP contribution in [0.15, 0.2) is 36.1 Å². The maximum Gasteiger partial charge on any atom is 0.308 e. The van der Waals surface area contributed by atoms with E-state index in [0.717, 1.165) is 19.5 Å². The average Bonchev–Trinajstić information content (AvgIpc) is 3.74. The second-order valence-corrected chi connectivity index (χ2v) is 14.7. The number of rotatable bonds is 12. The van der Waals surface area contributed by atoms with Crippen molar-refractivity contribution in [1.29, 1.82) is 0 Å². The summed E-state index contributed by atoms with van der Waals surface area (Å²) >= 11 is 0. The fourth-order valence-corrected chi connectivity index (χ4v) is 9.02. The van der Waals surface area contributed by atoms with Crippen molar-refractivity contribution in [3.8, 4) is 0 Å². The molecule has 0 saturated carbocycles. The number of nitrogens with one attached hydrogen (secondary N) is 1. The zero-order valence-electron chi connectivity index (χ0n) is 27.0. The first-order valence-corrected chi connectivity index (χ1v) is 17.4. The highest BCUT2D eigenvalue weighted by Gasteiger charge is 2.47. The number of fused-ring (bicyclic) bond motifs is 3. The Labute approximate surface area is 275 Å². The van der Waals surface area contributed by atoms with Gasteiger partial charge in [-0.15, -0.1) is 0 Å². The van der Waals surface area contributed by atoms with Crippen LogP contribution in [0.5, 0.6) is 0 Å². The summed E-state index contributed by atoms with van der Waals surface area (Å²) in [5.74, 6) is -0.422. The lowest BCUT2D eigenvalue weighted by Crippen LogP contribution is -2.40. The van der Waals surface area contributed by atoms with Gasteiger partial charge in [0.05, 0.1) is 18.4 Å². The van der Waals surface area contributed by atoms with E-state index in [2.05, 4.69) is 69.2 Å². The normalized spacial score (nSPS) is 22.9. The van der Waals surface area contributed by atoms with E-state index in [1.807, 2.05) is 0 Å². The van der Waals surface area contributed by atoms with Crippen LogP contribution in [0.3, 0.4) is 0 Å². The van der Waals surface area contributed by atoms with Gasteiger partial charge in [0.15, 0.2) is 29.2 Å². The number of nitrogens with two attached hydrogens (primary N) is 1. The Balaban J connectivity index is 1.09. The van der Waals surface area contributed by atoms with E-state index in [-0.39, 0.29) is 35.4 Å². The van der Waals surface area contributed by atoms with Crippen molar-refractivity contribution in [2.45, 2.75) is 78.2 Å². The molecule has 0 aliphatic carbocycles. The lowest BCUT2D eigenvalue weighted by Gasteiger charge is -2.22. The predicted octanol–water partition coefficient (Wildman–Crippen LogP) is 1.25. The number of allylic oxidation sites excluding steroid dienone is 3. The molecule has 15 heteroatoms. The summed E-state index contributed by atoms with van der Waals surface area (Å²) in [6.07, 6.45) is 1.95. The van der Waals surface area contributed by atoms with E-state index in [1.54, 1.807) is 0 Å². The standard InChI is InChI=1S/C32H40N8O6S/c1-17-10-19(3)39-16-40-20(4)11-18(2)27(40)21(26(17)39)6-5-8-34-23(41)13-47(9-7-24(42)43)12-22-28(44)29(45)32(46-22)38-15-37-25-30(33)35-14-36-31(25)38/h10-11,14-15,22,28-29,32,44-45H,5-9,12-13,16H2,1-4H3,(H2-2,33,34,35,36,41,42,43)/p+2/t22-,28+,29?,32-,47?/m1/s1. The monoisotopic (exact) mass is 666 g/mol. The number of hydrogen-bond acceptors (Lipinski definition) is 9. The molecule has 3 aromatic rings. The fraction of sp³-hybridized carbons (Fsp3) is 0.500. The highest BCUT2D eigenvalue weighted by molar-refractivity contribution is 7.97. The number of nitrogens with zero attached hydrogens (tertiary/aromatic N) is 6. The minimum absolute atomic E-state index is 0.0945. The summed E-state index contributed by atoms with van der Waals surface area (Å²) in [6, 6.07) is 2.22. The lowest BCUT2D eigenvalue weighted by atomic mass is 9.97. The maximum absolute atomic E-state index is 13.2. The molecule has 6 rings (SSSR count). The van der Waals surface area contributed by atoms with E-state index in [0.29, 0.717) is 17.7 Å². The second-order valence-electron chi connectivity index (χ2n) is 12.5. The summed E-state index contributed by atoms with van der Waals surface area (Å²) in [5.41, 5.74) is 15.3. The number of aliphatic hydroxyl groups is 2. The van der Waals surface area contributed by atoms with Gasteiger partial charge in [-0.1, -0.05) is 0 Å². The molecular formula is C32H42N8O6S+2. The number of anilines is 1. The molecule has 6 heterocycles. The van der Waals surface area contributed by atoms with Crippen molar-refractivity contribution in [2.24, 2.45) is 0 Å². The Kier molecular flexibility index (Phi) is 9.25.